The number of nitrogens with one attached hydrogen (secondary N) is 3. The summed E-state index contributed by atoms with van der Waals surface area (Å²) in [6, 6.07) is 12.7. The van der Waals surface area contributed by atoms with Gasteiger partial charge in [-0.15, -0.1) is 0 Å². The number of pyridine rings is 1. The van der Waals surface area contributed by atoms with Gasteiger partial charge in [0, 0.05) is 51.1 Å². The number of anilines is 1. The highest BCUT2D eigenvalue weighted by atomic mass is 35.5. The maximum absolute atomic E-state index is 14.0. The number of carbonyl (C=O) groups is 3. The highest BCUT2D eigenvalue weighted by molar-refractivity contribution is 6.31. The van der Waals surface area contributed by atoms with Crippen LogP contribution < -0.4 is 21.1 Å². The summed E-state index contributed by atoms with van der Waals surface area (Å²) in [7, 11) is 0. The van der Waals surface area contributed by atoms with Gasteiger partial charge < -0.3 is 15.4 Å². The summed E-state index contributed by atoms with van der Waals surface area (Å²) in [5, 5.41) is 10.8. The second-order valence-electron chi connectivity index (χ2n) is 9.40. The number of halogens is 2. The summed E-state index contributed by atoms with van der Waals surface area (Å²) in [5.41, 5.74) is 3.50. The van der Waals surface area contributed by atoms with Crippen molar-refractivity contribution in [1.29, 1.82) is 0 Å². The van der Waals surface area contributed by atoms with Gasteiger partial charge in [-0.3, -0.25) is 19.4 Å². The standard InChI is InChI=1S/C28H32ClFN6O4/c1-19(39)36(34-16-22-8-4-9-23(30)27(22)29)25(10-5-13-37)28(24-17-31-11-12-32-24)40-35(18-38)26-14-20-6-2-3-7-21(20)15-33-26/h2-4,6-9,13-15,18,24-25,28,31-32,34H,5,10-12,16-17H2,1H3/t24?,25-,28?/m0/s1. The third-order valence-corrected chi connectivity index (χ3v) is 7.17. The van der Waals surface area contributed by atoms with Crippen molar-refractivity contribution >= 4 is 46.8 Å². The predicted molar refractivity (Wildman–Crippen MR) is 150 cm³/mol. The van der Waals surface area contributed by atoms with Gasteiger partial charge in [0.1, 0.15) is 18.2 Å². The first-order valence-corrected chi connectivity index (χ1v) is 13.4. The second kappa shape index (κ2) is 14.2. The van der Waals surface area contributed by atoms with Crippen molar-refractivity contribution in [3.05, 3.63) is 71.1 Å². The lowest BCUT2D eigenvalue weighted by molar-refractivity contribution is -0.144. The number of hydrogen-bond donors (Lipinski definition) is 3. The fraction of sp³-hybridized carbons (Fsp3) is 0.357. The molecule has 0 bridgehead atoms. The van der Waals surface area contributed by atoms with E-state index in [4.69, 9.17) is 16.4 Å². The van der Waals surface area contributed by atoms with E-state index in [-0.39, 0.29) is 42.2 Å². The van der Waals surface area contributed by atoms with Crippen LogP contribution in [0.3, 0.4) is 0 Å². The normalized spacial score (nSPS) is 16.7. The number of fused-ring (bicyclic) bond motifs is 1. The molecule has 2 amide bonds. The molecule has 2 aromatic carbocycles. The molecule has 10 nitrogen and oxygen atoms in total. The quantitative estimate of drug-likeness (QED) is 0.212. The van der Waals surface area contributed by atoms with E-state index in [1.54, 1.807) is 18.3 Å². The predicted octanol–water partition coefficient (Wildman–Crippen LogP) is 2.75. The van der Waals surface area contributed by atoms with Gasteiger partial charge in [0.05, 0.1) is 17.1 Å². The summed E-state index contributed by atoms with van der Waals surface area (Å²) in [6.07, 6.45) is 2.50. The minimum atomic E-state index is -0.800. The molecular formula is C28H32ClFN6O4. The number of hydroxylamine groups is 1. The maximum Gasteiger partial charge on any atom is 0.239 e. The first-order valence-electron chi connectivity index (χ1n) is 13.0. The Morgan fingerprint density at radius 2 is 2.02 bits per heavy atom. The maximum atomic E-state index is 14.0. The Morgan fingerprint density at radius 1 is 1.23 bits per heavy atom. The molecule has 1 aromatic heterocycles. The Labute approximate surface area is 236 Å². The summed E-state index contributed by atoms with van der Waals surface area (Å²) in [5.74, 6) is -0.663. The van der Waals surface area contributed by atoms with E-state index in [2.05, 4.69) is 21.0 Å². The molecule has 0 aliphatic carbocycles. The average molecular weight is 571 g/mol. The van der Waals surface area contributed by atoms with Gasteiger partial charge in [0.15, 0.2) is 5.82 Å². The minimum Gasteiger partial charge on any atom is -0.314 e. The molecule has 40 heavy (non-hydrogen) atoms. The molecule has 0 spiro atoms. The van der Waals surface area contributed by atoms with Crippen molar-refractivity contribution in [2.45, 2.75) is 44.5 Å². The summed E-state index contributed by atoms with van der Waals surface area (Å²) in [6.45, 7) is 3.27. The monoisotopic (exact) mass is 570 g/mol. The van der Waals surface area contributed by atoms with Crippen LogP contribution in [0.25, 0.3) is 10.8 Å². The van der Waals surface area contributed by atoms with E-state index in [0.717, 1.165) is 28.7 Å². The highest BCUT2D eigenvalue weighted by Crippen LogP contribution is 2.24. The van der Waals surface area contributed by atoms with Gasteiger partial charge in [-0.1, -0.05) is 48.0 Å². The molecule has 4 rings (SSSR count). The van der Waals surface area contributed by atoms with Gasteiger partial charge >= 0.3 is 0 Å². The minimum absolute atomic E-state index is 0.0421. The molecule has 3 aromatic rings. The Balaban J connectivity index is 1.67. The van der Waals surface area contributed by atoms with Crippen LogP contribution in [0.1, 0.15) is 25.3 Å². The van der Waals surface area contributed by atoms with Gasteiger partial charge in [-0.2, -0.15) is 5.06 Å². The van der Waals surface area contributed by atoms with Gasteiger partial charge in [0.25, 0.3) is 0 Å². The van der Waals surface area contributed by atoms with Crippen molar-refractivity contribution in [1.82, 2.24) is 26.1 Å². The molecular weight excluding hydrogens is 539 g/mol. The summed E-state index contributed by atoms with van der Waals surface area (Å²) in [4.78, 5) is 47.4. The van der Waals surface area contributed by atoms with Crippen LogP contribution in [-0.2, 0) is 25.8 Å². The average Bonchev–Trinajstić information content (AvgIpc) is 2.98. The Kier molecular flexibility index (Phi) is 10.5. The lowest BCUT2D eigenvalue weighted by Crippen LogP contribution is -2.64. The molecule has 1 aliphatic heterocycles. The Hall–Kier alpha value is -3.48. The molecule has 0 saturated carbocycles. The number of piperazine rings is 1. The van der Waals surface area contributed by atoms with Crippen LogP contribution in [0, 0.1) is 5.82 Å². The van der Waals surface area contributed by atoms with Crippen molar-refractivity contribution in [3.63, 3.8) is 0 Å². The number of nitrogens with zero attached hydrogens (tertiary/aromatic N) is 3. The number of amides is 2. The van der Waals surface area contributed by atoms with Crippen molar-refractivity contribution in [3.8, 4) is 0 Å². The fourth-order valence-electron chi connectivity index (χ4n) is 4.77. The number of aromatic nitrogens is 1. The number of rotatable bonds is 13. The Morgan fingerprint density at radius 3 is 2.73 bits per heavy atom. The van der Waals surface area contributed by atoms with Crippen LogP contribution in [0.4, 0.5) is 10.2 Å². The van der Waals surface area contributed by atoms with Crippen LogP contribution in [-0.4, -0.2) is 66.4 Å². The molecule has 3 atom stereocenters. The zero-order valence-corrected chi connectivity index (χ0v) is 22.8. The number of benzene rings is 2. The lowest BCUT2D eigenvalue weighted by atomic mass is 9.97. The van der Waals surface area contributed by atoms with Crippen LogP contribution in [0.15, 0.2) is 54.7 Å². The SMILES string of the molecule is CC(=O)N(NCc1cccc(F)c1Cl)[C@@H](CCC=O)C(ON(C=O)c1cc2ccccc2cn1)C1CNCCN1. The summed E-state index contributed by atoms with van der Waals surface area (Å²) < 4.78 is 14.0. The topological polar surface area (TPSA) is 116 Å². The van der Waals surface area contributed by atoms with E-state index in [9.17, 15) is 18.8 Å². The second-order valence-corrected chi connectivity index (χ2v) is 9.78. The van der Waals surface area contributed by atoms with Crippen molar-refractivity contribution in [2.24, 2.45) is 0 Å². The van der Waals surface area contributed by atoms with Gasteiger partial charge in [-0.25, -0.2) is 14.8 Å². The highest BCUT2D eigenvalue weighted by Gasteiger charge is 2.38. The van der Waals surface area contributed by atoms with Crippen LogP contribution in [0.5, 0.6) is 0 Å². The smallest absolute Gasteiger partial charge is 0.239 e. The largest absolute Gasteiger partial charge is 0.314 e. The van der Waals surface area contributed by atoms with E-state index < -0.39 is 18.0 Å². The molecule has 1 saturated heterocycles. The van der Waals surface area contributed by atoms with E-state index in [0.29, 0.717) is 25.1 Å². The molecule has 2 unspecified atom stereocenters. The first kappa shape index (κ1) is 29.5. The van der Waals surface area contributed by atoms with Crippen molar-refractivity contribution < 1.29 is 23.6 Å². The summed E-state index contributed by atoms with van der Waals surface area (Å²) >= 11 is 6.14. The molecule has 1 fully saturated rings. The zero-order valence-electron chi connectivity index (χ0n) is 22.1. The lowest BCUT2D eigenvalue weighted by Gasteiger charge is -2.42. The van der Waals surface area contributed by atoms with E-state index >= 15 is 0 Å². The Bertz CT molecular complexity index is 1320. The molecule has 0 radical (unpaired) electrons. The molecule has 3 N–H and O–H groups in total. The molecule has 212 valence electrons. The number of hydrazine groups is 1. The van der Waals surface area contributed by atoms with Crippen LogP contribution in [0.2, 0.25) is 5.02 Å². The van der Waals surface area contributed by atoms with E-state index in [1.165, 1.54) is 24.1 Å². The third kappa shape index (κ3) is 7.18. The number of hydrogen-bond acceptors (Lipinski definition) is 8. The first-order chi connectivity index (χ1) is 19.4. The van der Waals surface area contributed by atoms with Gasteiger partial charge in [0.2, 0.25) is 12.3 Å². The molecule has 12 heteroatoms. The molecule has 2 heterocycles. The number of aldehydes is 1. The zero-order chi connectivity index (χ0) is 28.5. The number of carbonyl (C=O) groups excluding carboxylic acids is 3. The fourth-order valence-corrected chi connectivity index (χ4v) is 4.97. The van der Waals surface area contributed by atoms with Crippen LogP contribution >= 0.6 is 11.6 Å². The van der Waals surface area contributed by atoms with E-state index in [1.807, 2.05) is 24.3 Å². The van der Waals surface area contributed by atoms with Gasteiger partial charge in [-0.05, 0) is 29.5 Å². The van der Waals surface area contributed by atoms with Crippen molar-refractivity contribution in [2.75, 3.05) is 24.7 Å². The third-order valence-electron chi connectivity index (χ3n) is 6.74. The molecule has 1 aliphatic rings.